The second kappa shape index (κ2) is 6.32. The van der Waals surface area contributed by atoms with Crippen LogP contribution in [0.15, 0.2) is 54.6 Å². The van der Waals surface area contributed by atoms with Crippen LogP contribution in [0.1, 0.15) is 16.9 Å². The van der Waals surface area contributed by atoms with Gasteiger partial charge in [0.1, 0.15) is 0 Å². The van der Waals surface area contributed by atoms with Gasteiger partial charge in [-0.15, -0.1) is 0 Å². The summed E-state index contributed by atoms with van der Waals surface area (Å²) in [5, 5.41) is 14.0. The topological polar surface area (TPSA) is 73.6 Å². The van der Waals surface area contributed by atoms with E-state index in [-0.39, 0.29) is 5.69 Å². The third-order valence-electron chi connectivity index (χ3n) is 3.97. The molecule has 0 radical (unpaired) electrons. The van der Waals surface area contributed by atoms with Crippen LogP contribution >= 0.6 is 0 Å². The van der Waals surface area contributed by atoms with E-state index >= 15 is 0 Å². The van der Waals surface area contributed by atoms with Gasteiger partial charge in [-0.1, -0.05) is 18.2 Å². The molecule has 2 aromatic carbocycles. The summed E-state index contributed by atoms with van der Waals surface area (Å²) in [6.45, 7) is 1.22. The molecule has 1 aromatic heterocycles. The van der Waals surface area contributed by atoms with Crippen molar-refractivity contribution >= 4 is 5.97 Å². The van der Waals surface area contributed by atoms with E-state index in [0.717, 1.165) is 12.0 Å². The van der Waals surface area contributed by atoms with Crippen LogP contribution in [0.5, 0.6) is 11.5 Å². The third-order valence-corrected chi connectivity index (χ3v) is 3.97. The minimum Gasteiger partial charge on any atom is -0.490 e. The fourth-order valence-corrected chi connectivity index (χ4v) is 2.76. The molecule has 25 heavy (non-hydrogen) atoms. The van der Waals surface area contributed by atoms with Crippen molar-refractivity contribution in [2.24, 2.45) is 0 Å². The van der Waals surface area contributed by atoms with Crippen LogP contribution in [0, 0.1) is 0 Å². The van der Waals surface area contributed by atoms with Gasteiger partial charge in [0.2, 0.25) is 0 Å². The lowest BCUT2D eigenvalue weighted by atomic mass is 10.1. The van der Waals surface area contributed by atoms with Crippen molar-refractivity contribution < 1.29 is 19.4 Å². The molecule has 1 aliphatic rings. The summed E-state index contributed by atoms with van der Waals surface area (Å²) >= 11 is 0. The Balaban J connectivity index is 1.79. The lowest BCUT2D eigenvalue weighted by Gasteiger charge is -2.08. The summed E-state index contributed by atoms with van der Waals surface area (Å²) in [5.41, 5.74) is 2.15. The Kier molecular flexibility index (Phi) is 3.85. The van der Waals surface area contributed by atoms with E-state index in [2.05, 4.69) is 5.10 Å². The van der Waals surface area contributed by atoms with Crippen molar-refractivity contribution in [1.82, 2.24) is 9.78 Å². The molecule has 0 fully saturated rings. The minimum absolute atomic E-state index is 0.105. The number of aromatic carboxylic acids is 1. The number of ether oxygens (including phenoxy) is 2. The lowest BCUT2D eigenvalue weighted by Crippen LogP contribution is -2.07. The number of aromatic nitrogens is 2. The highest BCUT2D eigenvalue weighted by Crippen LogP contribution is 2.34. The van der Waals surface area contributed by atoms with Gasteiger partial charge in [0.15, 0.2) is 17.2 Å². The van der Waals surface area contributed by atoms with Crippen LogP contribution in [0.25, 0.3) is 16.9 Å². The fourth-order valence-electron chi connectivity index (χ4n) is 2.76. The molecular weight excluding hydrogens is 320 g/mol. The molecule has 6 nitrogen and oxygen atoms in total. The van der Waals surface area contributed by atoms with E-state index in [1.165, 1.54) is 4.68 Å². The van der Waals surface area contributed by atoms with Gasteiger partial charge < -0.3 is 14.6 Å². The van der Waals surface area contributed by atoms with E-state index < -0.39 is 5.97 Å². The van der Waals surface area contributed by atoms with E-state index in [9.17, 15) is 9.90 Å². The third kappa shape index (κ3) is 2.94. The first-order valence-electron chi connectivity index (χ1n) is 8.01. The summed E-state index contributed by atoms with van der Waals surface area (Å²) in [6.07, 6.45) is 0.829. The molecule has 1 aliphatic heterocycles. The number of rotatable bonds is 3. The molecule has 6 heteroatoms. The maximum Gasteiger partial charge on any atom is 0.354 e. The summed E-state index contributed by atoms with van der Waals surface area (Å²) in [7, 11) is 0. The van der Waals surface area contributed by atoms with E-state index in [0.29, 0.717) is 36.1 Å². The van der Waals surface area contributed by atoms with Crippen molar-refractivity contribution in [1.29, 1.82) is 0 Å². The summed E-state index contributed by atoms with van der Waals surface area (Å²) in [5.74, 6) is 0.320. The zero-order valence-electron chi connectivity index (χ0n) is 13.4. The van der Waals surface area contributed by atoms with Crippen LogP contribution in [0.2, 0.25) is 0 Å². The summed E-state index contributed by atoms with van der Waals surface area (Å²) < 4.78 is 12.8. The lowest BCUT2D eigenvalue weighted by molar-refractivity contribution is 0.0687. The van der Waals surface area contributed by atoms with Gasteiger partial charge in [-0.05, 0) is 36.4 Å². The highest BCUT2D eigenvalue weighted by atomic mass is 16.5. The second-order valence-electron chi connectivity index (χ2n) is 5.68. The quantitative estimate of drug-likeness (QED) is 0.793. The molecule has 3 aromatic rings. The molecule has 0 saturated carbocycles. The normalized spacial score (nSPS) is 13.3. The second-order valence-corrected chi connectivity index (χ2v) is 5.68. The van der Waals surface area contributed by atoms with Crippen molar-refractivity contribution in [2.75, 3.05) is 13.2 Å². The first-order valence-corrected chi connectivity index (χ1v) is 8.01. The number of para-hydroxylation sites is 1. The van der Waals surface area contributed by atoms with Crippen molar-refractivity contribution in [3.63, 3.8) is 0 Å². The molecular formula is C19H16N2O4. The number of carboxylic acids is 1. The Morgan fingerprint density at radius 2 is 1.76 bits per heavy atom. The Hall–Kier alpha value is -3.28. The Morgan fingerprint density at radius 3 is 2.52 bits per heavy atom. The van der Waals surface area contributed by atoms with Gasteiger partial charge in [-0.25, -0.2) is 9.48 Å². The first kappa shape index (κ1) is 15.3. The van der Waals surface area contributed by atoms with Crippen LogP contribution in [-0.4, -0.2) is 34.1 Å². The van der Waals surface area contributed by atoms with Gasteiger partial charge in [0.25, 0.3) is 0 Å². The minimum atomic E-state index is -1.03. The molecule has 0 amide bonds. The monoisotopic (exact) mass is 336 g/mol. The average Bonchev–Trinajstić information content (AvgIpc) is 2.96. The van der Waals surface area contributed by atoms with Crippen molar-refractivity contribution in [3.05, 3.63) is 60.3 Å². The number of hydrogen-bond donors (Lipinski definition) is 1. The zero-order chi connectivity index (χ0) is 17.2. The molecule has 0 bridgehead atoms. The van der Waals surface area contributed by atoms with Crippen LogP contribution in [0.4, 0.5) is 0 Å². The number of nitrogens with zero attached hydrogens (tertiary/aromatic N) is 2. The molecule has 126 valence electrons. The SMILES string of the molecule is O=C(O)c1cc(-c2ccc3c(c2)OCCCO3)nn1-c1ccccc1. The number of fused-ring (bicyclic) bond motifs is 1. The highest BCUT2D eigenvalue weighted by molar-refractivity contribution is 5.88. The van der Waals surface area contributed by atoms with Gasteiger partial charge in [0, 0.05) is 12.0 Å². The fraction of sp³-hybridized carbons (Fsp3) is 0.158. The predicted octanol–water partition coefficient (Wildman–Crippen LogP) is 3.40. The summed E-state index contributed by atoms with van der Waals surface area (Å²) in [6, 6.07) is 16.3. The van der Waals surface area contributed by atoms with Crippen LogP contribution in [-0.2, 0) is 0 Å². The highest BCUT2D eigenvalue weighted by Gasteiger charge is 2.18. The predicted molar refractivity (Wildman–Crippen MR) is 91.6 cm³/mol. The molecule has 0 unspecified atom stereocenters. The van der Waals surface area contributed by atoms with Crippen molar-refractivity contribution in [2.45, 2.75) is 6.42 Å². The molecule has 0 atom stereocenters. The summed E-state index contributed by atoms with van der Waals surface area (Å²) in [4.78, 5) is 11.6. The Morgan fingerprint density at radius 1 is 1.00 bits per heavy atom. The van der Waals surface area contributed by atoms with Gasteiger partial charge in [0.05, 0.1) is 24.6 Å². The maximum absolute atomic E-state index is 11.6. The Labute approximate surface area is 144 Å². The van der Waals surface area contributed by atoms with Gasteiger partial charge in [-0.3, -0.25) is 0 Å². The average molecular weight is 336 g/mol. The molecule has 0 spiro atoms. The molecule has 1 N–H and O–H groups in total. The standard InChI is InChI=1S/C19H16N2O4/c22-19(23)16-12-15(20-21(16)14-5-2-1-3-6-14)13-7-8-17-18(11-13)25-10-4-9-24-17/h1-3,5-8,11-12H,4,9-10H2,(H,22,23). The number of carbonyl (C=O) groups is 1. The van der Waals surface area contributed by atoms with E-state index in [4.69, 9.17) is 9.47 Å². The molecule has 0 saturated heterocycles. The zero-order valence-corrected chi connectivity index (χ0v) is 13.4. The van der Waals surface area contributed by atoms with Crippen LogP contribution < -0.4 is 9.47 Å². The molecule has 2 heterocycles. The van der Waals surface area contributed by atoms with Gasteiger partial charge in [-0.2, -0.15) is 5.10 Å². The molecule has 4 rings (SSSR count). The largest absolute Gasteiger partial charge is 0.490 e. The maximum atomic E-state index is 11.6. The molecule has 0 aliphatic carbocycles. The van der Waals surface area contributed by atoms with Crippen molar-refractivity contribution in [3.8, 4) is 28.4 Å². The first-order chi connectivity index (χ1) is 12.2. The number of carboxylic acid groups (broad SMARTS) is 1. The Bertz CT molecular complexity index is 918. The van der Waals surface area contributed by atoms with Crippen LogP contribution in [0.3, 0.4) is 0 Å². The number of hydrogen-bond acceptors (Lipinski definition) is 4. The number of benzene rings is 2. The van der Waals surface area contributed by atoms with E-state index in [1.54, 1.807) is 6.07 Å². The van der Waals surface area contributed by atoms with E-state index in [1.807, 2.05) is 48.5 Å². The van der Waals surface area contributed by atoms with Gasteiger partial charge >= 0.3 is 5.97 Å². The smallest absolute Gasteiger partial charge is 0.354 e.